The Balaban J connectivity index is 1.59. The number of nitrogens with zero attached hydrogens (tertiary/aromatic N) is 1. The maximum atomic E-state index is 12.9. The van der Waals surface area contributed by atoms with Crippen molar-refractivity contribution in [3.8, 4) is 5.75 Å². The van der Waals surface area contributed by atoms with E-state index in [1.54, 1.807) is 24.3 Å². The summed E-state index contributed by atoms with van der Waals surface area (Å²) in [7, 11) is -3.89. The highest BCUT2D eigenvalue weighted by Crippen LogP contribution is 2.33. The molecule has 1 heterocycles. The molecule has 0 saturated carbocycles. The van der Waals surface area contributed by atoms with Crippen LogP contribution in [0.4, 0.5) is 8.78 Å². The lowest BCUT2D eigenvalue weighted by Gasteiger charge is -2.31. The Hall–Kier alpha value is -1.94. The highest BCUT2D eigenvalue weighted by atomic mass is 35.5. The summed E-state index contributed by atoms with van der Waals surface area (Å²) in [4.78, 5) is 12.4. The van der Waals surface area contributed by atoms with Crippen molar-refractivity contribution in [2.75, 3.05) is 13.1 Å². The molecule has 31 heavy (non-hydrogen) atoms. The van der Waals surface area contributed by atoms with Crippen molar-refractivity contribution in [2.24, 2.45) is 5.92 Å². The summed E-state index contributed by atoms with van der Waals surface area (Å²) in [5.41, 5.74) is 0.421. The number of sulfonamides is 1. The molecule has 0 radical (unpaired) electrons. The number of halogens is 4. The number of alkyl halides is 2. The summed E-state index contributed by atoms with van der Waals surface area (Å²) in [6, 6.07) is 10.7. The van der Waals surface area contributed by atoms with Gasteiger partial charge < -0.3 is 10.1 Å². The van der Waals surface area contributed by atoms with E-state index in [9.17, 15) is 22.0 Å². The van der Waals surface area contributed by atoms with Crippen LogP contribution >= 0.6 is 23.2 Å². The molecule has 1 N–H and O–H groups in total. The standard InChI is InChI=1S/C20H20Cl2F2N2O4S/c21-15-5-3-6-16(22)18(15)31(28,29)26-10-8-13(9-11-26)19(27)25-12-14-4-1-2-7-17(14)30-20(23)24/h1-7,13,20H,8-12H2,(H,25,27). The van der Waals surface area contributed by atoms with Crippen LogP contribution < -0.4 is 10.1 Å². The molecule has 0 unspecified atom stereocenters. The van der Waals surface area contributed by atoms with Crippen LogP contribution in [0.5, 0.6) is 5.75 Å². The SMILES string of the molecule is O=C(NCc1ccccc1OC(F)F)C1CCN(S(=O)(=O)c2c(Cl)cccc2Cl)CC1. The van der Waals surface area contributed by atoms with Crippen molar-refractivity contribution in [1.82, 2.24) is 9.62 Å². The number of hydrogen-bond acceptors (Lipinski definition) is 4. The van der Waals surface area contributed by atoms with Crippen LogP contribution in [0.15, 0.2) is 47.4 Å². The summed E-state index contributed by atoms with van der Waals surface area (Å²) in [6.07, 6.45) is 0.616. The number of amides is 1. The molecule has 1 aliphatic rings. The van der Waals surface area contributed by atoms with Crippen molar-refractivity contribution < 1.29 is 26.7 Å². The number of rotatable bonds is 7. The van der Waals surface area contributed by atoms with Crippen molar-refractivity contribution >= 4 is 39.1 Å². The molecule has 1 fully saturated rings. The van der Waals surface area contributed by atoms with E-state index in [0.29, 0.717) is 18.4 Å². The van der Waals surface area contributed by atoms with Crippen LogP contribution in [0.25, 0.3) is 0 Å². The zero-order valence-corrected chi connectivity index (χ0v) is 18.6. The van der Waals surface area contributed by atoms with Crippen molar-refractivity contribution in [2.45, 2.75) is 30.9 Å². The van der Waals surface area contributed by atoms with Gasteiger partial charge in [-0.25, -0.2) is 8.42 Å². The number of carbonyl (C=O) groups is 1. The lowest BCUT2D eigenvalue weighted by atomic mass is 9.97. The molecule has 2 aromatic rings. The second-order valence-electron chi connectivity index (χ2n) is 6.93. The summed E-state index contributed by atoms with van der Waals surface area (Å²) in [5, 5.41) is 2.79. The Morgan fingerprint density at radius 3 is 2.32 bits per heavy atom. The summed E-state index contributed by atoms with van der Waals surface area (Å²) in [5.74, 6) is -0.689. The van der Waals surface area contributed by atoms with E-state index in [2.05, 4.69) is 10.1 Å². The Bertz CT molecular complexity index is 1020. The first-order valence-corrected chi connectivity index (χ1v) is 11.6. The van der Waals surface area contributed by atoms with E-state index < -0.39 is 22.6 Å². The van der Waals surface area contributed by atoms with Gasteiger partial charge in [-0.15, -0.1) is 0 Å². The molecule has 0 aliphatic carbocycles. The number of benzene rings is 2. The maximum Gasteiger partial charge on any atom is 0.387 e. The molecular weight excluding hydrogens is 473 g/mol. The first-order chi connectivity index (χ1) is 14.7. The molecule has 1 aliphatic heterocycles. The molecule has 1 amide bonds. The topological polar surface area (TPSA) is 75.7 Å². The van der Waals surface area contributed by atoms with Crippen molar-refractivity contribution in [3.63, 3.8) is 0 Å². The number of hydrogen-bond donors (Lipinski definition) is 1. The Labute approximate surface area is 189 Å². The van der Waals surface area contributed by atoms with Gasteiger partial charge in [-0.05, 0) is 31.0 Å². The molecule has 3 rings (SSSR count). The summed E-state index contributed by atoms with van der Waals surface area (Å²) < 4.78 is 56.6. The van der Waals surface area contributed by atoms with Crippen molar-refractivity contribution in [1.29, 1.82) is 0 Å². The van der Waals surface area contributed by atoms with Crippen LogP contribution in [0.2, 0.25) is 10.0 Å². The molecule has 0 bridgehead atoms. The average Bonchev–Trinajstić information content (AvgIpc) is 2.72. The van der Waals surface area contributed by atoms with Gasteiger partial charge in [-0.1, -0.05) is 47.5 Å². The quantitative estimate of drug-likeness (QED) is 0.624. The zero-order valence-electron chi connectivity index (χ0n) is 16.2. The van der Waals surface area contributed by atoms with Gasteiger partial charge in [-0.3, -0.25) is 4.79 Å². The highest BCUT2D eigenvalue weighted by molar-refractivity contribution is 7.89. The van der Waals surface area contributed by atoms with Crippen LogP contribution in [-0.4, -0.2) is 38.3 Å². The van der Waals surface area contributed by atoms with Gasteiger partial charge in [0.1, 0.15) is 10.6 Å². The Kier molecular flexibility index (Phi) is 7.74. The second kappa shape index (κ2) is 10.1. The fourth-order valence-electron chi connectivity index (χ4n) is 3.40. The first kappa shape index (κ1) is 23.7. The molecular formula is C20H20Cl2F2N2O4S. The Morgan fingerprint density at radius 2 is 1.71 bits per heavy atom. The number of ether oxygens (including phenoxy) is 1. The largest absolute Gasteiger partial charge is 0.434 e. The van der Waals surface area contributed by atoms with Gasteiger partial charge in [0, 0.05) is 31.1 Å². The van der Waals surface area contributed by atoms with Gasteiger partial charge in [0.25, 0.3) is 0 Å². The Morgan fingerprint density at radius 1 is 1.10 bits per heavy atom. The molecule has 0 aromatic heterocycles. The number of para-hydroxylation sites is 1. The first-order valence-electron chi connectivity index (χ1n) is 9.44. The van der Waals surface area contributed by atoms with Crippen LogP contribution in [0.3, 0.4) is 0 Å². The average molecular weight is 493 g/mol. The lowest BCUT2D eigenvalue weighted by molar-refractivity contribution is -0.126. The number of piperidine rings is 1. The fraction of sp³-hybridized carbons (Fsp3) is 0.350. The smallest absolute Gasteiger partial charge is 0.387 e. The van der Waals surface area contributed by atoms with Crippen LogP contribution in [0.1, 0.15) is 18.4 Å². The molecule has 0 spiro atoms. The lowest BCUT2D eigenvalue weighted by Crippen LogP contribution is -2.43. The second-order valence-corrected chi connectivity index (χ2v) is 9.62. The normalized spacial score (nSPS) is 15.8. The third kappa shape index (κ3) is 5.65. The summed E-state index contributed by atoms with van der Waals surface area (Å²) in [6.45, 7) is -2.68. The predicted octanol–water partition coefficient (Wildman–Crippen LogP) is 4.31. The van der Waals surface area contributed by atoms with Gasteiger partial charge in [-0.2, -0.15) is 13.1 Å². The zero-order chi connectivity index (χ0) is 22.6. The minimum atomic E-state index is -3.89. The van der Waals surface area contributed by atoms with Crippen molar-refractivity contribution in [3.05, 3.63) is 58.1 Å². The minimum absolute atomic E-state index is 0.00432. The van der Waals surface area contributed by atoms with Gasteiger partial charge in [0.15, 0.2) is 0 Å². The van der Waals surface area contributed by atoms with E-state index in [1.165, 1.54) is 22.5 Å². The van der Waals surface area contributed by atoms with E-state index in [4.69, 9.17) is 23.2 Å². The number of carbonyl (C=O) groups excluding carboxylic acids is 1. The fourth-order valence-corrected chi connectivity index (χ4v) is 5.97. The molecule has 168 valence electrons. The summed E-state index contributed by atoms with van der Waals surface area (Å²) >= 11 is 12.1. The number of nitrogens with one attached hydrogen (secondary N) is 1. The van der Waals surface area contributed by atoms with Crippen LogP contribution in [0, 0.1) is 5.92 Å². The molecule has 6 nitrogen and oxygen atoms in total. The van der Waals surface area contributed by atoms with Gasteiger partial charge in [0.2, 0.25) is 15.9 Å². The van der Waals surface area contributed by atoms with E-state index in [1.807, 2.05) is 0 Å². The third-order valence-electron chi connectivity index (χ3n) is 4.98. The third-order valence-corrected chi connectivity index (χ3v) is 7.84. The van der Waals surface area contributed by atoms with E-state index >= 15 is 0 Å². The van der Waals surface area contributed by atoms with Gasteiger partial charge in [0.05, 0.1) is 10.0 Å². The van der Waals surface area contributed by atoms with Crippen LogP contribution in [-0.2, 0) is 21.4 Å². The van der Waals surface area contributed by atoms with Gasteiger partial charge >= 0.3 is 6.61 Å². The molecule has 2 aromatic carbocycles. The monoisotopic (exact) mass is 492 g/mol. The van der Waals surface area contributed by atoms with E-state index in [0.717, 1.165) is 0 Å². The molecule has 0 atom stereocenters. The molecule has 11 heteroatoms. The minimum Gasteiger partial charge on any atom is -0.434 e. The maximum absolute atomic E-state index is 12.9. The highest BCUT2D eigenvalue weighted by Gasteiger charge is 2.34. The predicted molar refractivity (Wildman–Crippen MR) is 113 cm³/mol. The molecule has 1 saturated heterocycles. The van der Waals surface area contributed by atoms with E-state index in [-0.39, 0.29) is 46.2 Å².